The number of nitrogen functional groups attached to an aromatic ring is 1. The summed E-state index contributed by atoms with van der Waals surface area (Å²) in [5.74, 6) is 1.60. The molecule has 0 amide bonds. The first-order valence-corrected chi connectivity index (χ1v) is 25.8. The van der Waals surface area contributed by atoms with E-state index in [0.29, 0.717) is 69.2 Å². The van der Waals surface area contributed by atoms with Gasteiger partial charge in [-0.15, -0.1) is 20.4 Å². The van der Waals surface area contributed by atoms with Gasteiger partial charge in [-0.05, 0) is 147 Å². The molecule has 21 heteroatoms. The largest absolute Gasteiger partial charge is 0.418 e. The molecule has 0 saturated heterocycles. The molecule has 0 radical (unpaired) electrons. The number of hydrogen-bond donors (Lipinski definition) is 2. The molecule has 8 heterocycles. The Morgan fingerprint density at radius 1 is 0.628 bits per heavy atom. The van der Waals surface area contributed by atoms with Crippen molar-refractivity contribution in [3.8, 4) is 79.2 Å². The van der Waals surface area contributed by atoms with Gasteiger partial charge in [-0.25, -0.2) is 33.1 Å². The van der Waals surface area contributed by atoms with Crippen LogP contribution in [0.2, 0.25) is 0 Å². The molecule has 2 saturated carbocycles. The van der Waals surface area contributed by atoms with E-state index < -0.39 is 23.4 Å². The summed E-state index contributed by atoms with van der Waals surface area (Å²) < 4.78 is 81.1. The Morgan fingerprint density at radius 3 is 1.68 bits per heavy atom. The zero-order chi connectivity index (χ0) is 53.8. The lowest BCUT2D eigenvalue weighted by atomic mass is 9.98. The van der Waals surface area contributed by atoms with Crippen molar-refractivity contribution in [1.82, 2.24) is 74.3 Å². The normalized spacial score (nSPS) is 14.1. The number of nitrogens with zero attached hydrogens (tertiary/aromatic N) is 14. The van der Waals surface area contributed by atoms with Gasteiger partial charge in [-0.3, -0.25) is 4.98 Å². The van der Waals surface area contributed by atoms with E-state index in [1.165, 1.54) is 47.4 Å². The molecule has 2 fully saturated rings. The van der Waals surface area contributed by atoms with E-state index in [0.717, 1.165) is 71.9 Å². The van der Waals surface area contributed by atoms with E-state index in [2.05, 4.69) is 45.9 Å². The molecular weight excluding hydrogens is 1000 g/mol. The first-order chi connectivity index (χ1) is 37.7. The third-order valence-corrected chi connectivity index (χ3v) is 14.2. The lowest BCUT2D eigenvalue weighted by molar-refractivity contribution is -0.137. The first kappa shape index (κ1) is 50.0. The Kier molecular flexibility index (Phi) is 13.0. The zero-order valence-electron chi connectivity index (χ0n) is 42.7. The van der Waals surface area contributed by atoms with Crippen molar-refractivity contribution >= 4 is 5.82 Å². The summed E-state index contributed by atoms with van der Waals surface area (Å²) in [6.07, 6.45) is 9.59. The summed E-state index contributed by atoms with van der Waals surface area (Å²) in [7, 11) is 0. The first-order valence-electron chi connectivity index (χ1n) is 25.8. The fourth-order valence-corrected chi connectivity index (χ4v) is 9.78. The molecule has 2 aliphatic carbocycles. The Hall–Kier alpha value is -8.85. The number of nitrogens with two attached hydrogens (primary N) is 1. The topological polar surface area (TPSA) is 187 Å². The standard InChI is InChI=1S/C57H51F5N16/c1-4-17-64-33(3)47-15-14-46(57(60,61)62)54(71-47)39-27-68-78(29-39)52-23-37(21-49(70-52)35-8-9-35)43-13-11-41(59)25-45(43)56-74-66-31-76(56)19-18-75-30-65-73-55(75)44-24-40(58)10-12-42(44)36-20-48(34-6-7-34)69-51(22-36)77-28-38(26-67-77)53-32(2)5-16-50(63)72-53/h5,10-16,20-31,33-35,64H,4,6-9,17-19H2,1-3H3,(H2,63,72). The number of alkyl halides is 3. The van der Waals surface area contributed by atoms with E-state index >= 15 is 8.78 Å². The SMILES string of the molecule is CCCNC(C)c1ccc(C(F)(F)F)c(-c2cnn(-c3cc(-c4ccc(F)cc4-c4nncn4CCn4cnnc4-c4cc(F)ccc4-c4cc(C5CC5)nc(-n5cc(-c6nc(N)ccc6C)cn5)c4)cc(C4CC4)n3)c2)n1. The third-order valence-electron chi connectivity index (χ3n) is 14.2. The number of nitrogens with one attached hydrogen (secondary N) is 1. The molecule has 8 aromatic heterocycles. The molecule has 2 aromatic carbocycles. The van der Waals surface area contributed by atoms with Gasteiger partial charge in [-0.2, -0.15) is 23.4 Å². The van der Waals surface area contributed by atoms with E-state index in [1.807, 2.05) is 55.8 Å². The molecule has 10 aromatic rings. The van der Waals surface area contributed by atoms with Crippen molar-refractivity contribution in [2.24, 2.45) is 0 Å². The summed E-state index contributed by atoms with van der Waals surface area (Å²) in [4.78, 5) is 19.0. The molecular formula is C57H51F5N16. The Morgan fingerprint density at radius 2 is 1.17 bits per heavy atom. The second-order valence-electron chi connectivity index (χ2n) is 20.0. The quantitative estimate of drug-likeness (QED) is 0.0823. The number of anilines is 1. The van der Waals surface area contributed by atoms with Gasteiger partial charge in [0.2, 0.25) is 0 Å². The average Bonchev–Trinajstić information content (AvgIpc) is 4.22. The van der Waals surface area contributed by atoms with Crippen LogP contribution in [-0.4, -0.2) is 75.6 Å². The Bertz CT molecular complexity index is 3870. The number of halogens is 5. The van der Waals surface area contributed by atoms with Crippen LogP contribution in [-0.2, 0) is 19.3 Å². The number of hydrogen-bond acceptors (Lipinski definition) is 12. The number of rotatable bonds is 17. The van der Waals surface area contributed by atoms with Crippen molar-refractivity contribution in [3.63, 3.8) is 0 Å². The lowest BCUT2D eigenvalue weighted by Crippen LogP contribution is -2.21. The molecule has 0 spiro atoms. The van der Waals surface area contributed by atoms with E-state index in [-0.39, 0.29) is 42.2 Å². The van der Waals surface area contributed by atoms with Crippen LogP contribution in [0.4, 0.5) is 27.8 Å². The Labute approximate surface area is 444 Å². The summed E-state index contributed by atoms with van der Waals surface area (Å²) in [6.45, 7) is 7.07. The van der Waals surface area contributed by atoms with Crippen LogP contribution in [0.15, 0.2) is 122 Å². The maximum Gasteiger partial charge on any atom is 0.418 e. The second-order valence-corrected chi connectivity index (χ2v) is 20.0. The van der Waals surface area contributed by atoms with E-state index in [1.54, 1.807) is 52.4 Å². The van der Waals surface area contributed by atoms with Crippen LogP contribution >= 0.6 is 0 Å². The summed E-state index contributed by atoms with van der Waals surface area (Å²) in [5.41, 5.74) is 13.4. The van der Waals surface area contributed by atoms with Crippen LogP contribution in [0.5, 0.6) is 0 Å². The number of benzene rings is 2. The highest BCUT2D eigenvalue weighted by atomic mass is 19.4. The molecule has 0 bridgehead atoms. The highest BCUT2D eigenvalue weighted by Crippen LogP contribution is 2.44. The molecule has 0 aliphatic heterocycles. The fraction of sp³-hybridized carbons (Fsp3) is 0.263. The number of pyridine rings is 4. The molecule has 12 rings (SSSR count). The van der Waals surface area contributed by atoms with Gasteiger partial charge in [0.25, 0.3) is 0 Å². The van der Waals surface area contributed by atoms with Crippen molar-refractivity contribution in [2.45, 2.75) is 90.0 Å². The highest BCUT2D eigenvalue weighted by Gasteiger charge is 2.36. The Balaban J connectivity index is 0.851. The lowest BCUT2D eigenvalue weighted by Gasteiger charge is -2.17. The minimum Gasteiger partial charge on any atom is -0.384 e. The van der Waals surface area contributed by atoms with Crippen LogP contribution in [0.3, 0.4) is 0 Å². The third kappa shape index (κ3) is 10.1. The highest BCUT2D eigenvalue weighted by molar-refractivity contribution is 5.83. The van der Waals surface area contributed by atoms with Crippen LogP contribution in [0.1, 0.15) is 92.0 Å². The maximum atomic E-state index is 15.5. The number of aromatic nitrogens is 14. The molecule has 78 heavy (non-hydrogen) atoms. The maximum absolute atomic E-state index is 15.5. The van der Waals surface area contributed by atoms with Crippen molar-refractivity contribution in [2.75, 3.05) is 12.3 Å². The molecule has 2 aliphatic rings. The summed E-state index contributed by atoms with van der Waals surface area (Å²) in [6, 6.07) is 22.6. The van der Waals surface area contributed by atoms with Gasteiger partial charge >= 0.3 is 6.18 Å². The van der Waals surface area contributed by atoms with Crippen LogP contribution < -0.4 is 11.1 Å². The van der Waals surface area contributed by atoms with Crippen molar-refractivity contribution < 1.29 is 22.0 Å². The fourth-order valence-electron chi connectivity index (χ4n) is 9.78. The van der Waals surface area contributed by atoms with Gasteiger partial charge in [0.1, 0.15) is 30.1 Å². The molecule has 394 valence electrons. The smallest absolute Gasteiger partial charge is 0.384 e. The summed E-state index contributed by atoms with van der Waals surface area (Å²) >= 11 is 0. The van der Waals surface area contributed by atoms with E-state index in [9.17, 15) is 13.2 Å². The predicted molar refractivity (Wildman–Crippen MR) is 283 cm³/mol. The van der Waals surface area contributed by atoms with Gasteiger partial charge in [-0.1, -0.05) is 25.1 Å². The van der Waals surface area contributed by atoms with Gasteiger partial charge < -0.3 is 20.2 Å². The van der Waals surface area contributed by atoms with Gasteiger partial charge in [0.15, 0.2) is 23.3 Å². The van der Waals surface area contributed by atoms with Crippen LogP contribution in [0.25, 0.3) is 79.2 Å². The number of aryl methyl sites for hydroxylation is 3. The van der Waals surface area contributed by atoms with Gasteiger partial charge in [0, 0.05) is 77.0 Å². The zero-order valence-corrected chi connectivity index (χ0v) is 42.7. The predicted octanol–water partition coefficient (Wildman–Crippen LogP) is 11.5. The average molecular weight is 1060 g/mol. The molecule has 16 nitrogen and oxygen atoms in total. The van der Waals surface area contributed by atoms with Crippen molar-refractivity contribution in [3.05, 3.63) is 162 Å². The molecule has 1 atom stereocenters. The summed E-state index contributed by atoms with van der Waals surface area (Å²) in [5, 5.41) is 30.0. The van der Waals surface area contributed by atoms with E-state index in [4.69, 9.17) is 15.7 Å². The minimum atomic E-state index is -4.67. The molecule has 1 unspecified atom stereocenters. The molecule has 3 N–H and O–H groups in total. The monoisotopic (exact) mass is 1050 g/mol. The second kappa shape index (κ2) is 20.3. The minimum absolute atomic E-state index is 0.156. The van der Waals surface area contributed by atoms with Crippen LogP contribution in [0, 0.1) is 18.6 Å². The van der Waals surface area contributed by atoms with Crippen molar-refractivity contribution in [1.29, 1.82) is 0 Å². The van der Waals surface area contributed by atoms with Gasteiger partial charge in [0.05, 0.1) is 35.0 Å².